The number of hydrogen-bond acceptors (Lipinski definition) is 8. The van der Waals surface area contributed by atoms with Gasteiger partial charge in [0.05, 0.1) is 12.3 Å². The predicted octanol–water partition coefficient (Wildman–Crippen LogP) is 0.699. The van der Waals surface area contributed by atoms with Crippen LogP contribution in [-0.2, 0) is 22.1 Å². The minimum absolute atomic E-state index is 0.0179. The minimum Gasteiger partial charge on any atom is -0.454 e. The molecule has 106 valence electrons. The zero-order valence-electron chi connectivity index (χ0n) is 10.3. The summed E-state index contributed by atoms with van der Waals surface area (Å²) in [4.78, 5) is 3.91. The van der Waals surface area contributed by atoms with Crippen molar-refractivity contribution in [2.24, 2.45) is 5.73 Å². The van der Waals surface area contributed by atoms with Gasteiger partial charge in [0.25, 0.3) is 0 Å². The maximum absolute atomic E-state index is 12.2. The third kappa shape index (κ3) is 2.47. The Hall–Kier alpha value is -1.71. The molecule has 1 aromatic carbocycles. The van der Waals surface area contributed by atoms with E-state index in [4.69, 9.17) is 15.2 Å². The molecule has 0 amide bonds. The third-order valence-electron chi connectivity index (χ3n) is 2.69. The number of aromatic nitrogens is 2. The van der Waals surface area contributed by atoms with Crippen LogP contribution in [0.5, 0.6) is 11.5 Å². The lowest BCUT2D eigenvalue weighted by Crippen LogP contribution is -2.06. The molecule has 3 rings (SSSR count). The average molecular weight is 313 g/mol. The van der Waals surface area contributed by atoms with Gasteiger partial charge in [-0.1, -0.05) is 6.07 Å². The molecular weight excluding hydrogens is 302 g/mol. The molecule has 1 aliphatic heterocycles. The van der Waals surface area contributed by atoms with Crippen molar-refractivity contribution in [2.75, 3.05) is 6.79 Å². The Balaban J connectivity index is 1.86. The van der Waals surface area contributed by atoms with E-state index in [0.717, 1.165) is 11.5 Å². The Morgan fingerprint density at radius 2 is 2.10 bits per heavy atom. The topological polar surface area (TPSA) is 104 Å². The summed E-state index contributed by atoms with van der Waals surface area (Å²) in [5, 5.41) is 0. The van der Waals surface area contributed by atoms with Crippen LogP contribution in [0.3, 0.4) is 0 Å². The zero-order valence-corrected chi connectivity index (χ0v) is 11.9. The van der Waals surface area contributed by atoms with E-state index in [0.29, 0.717) is 22.9 Å². The maximum atomic E-state index is 12.2. The molecule has 7 nitrogen and oxygen atoms in total. The van der Waals surface area contributed by atoms with E-state index in [1.165, 1.54) is 0 Å². The number of sulfone groups is 1. The van der Waals surface area contributed by atoms with Gasteiger partial charge in [-0.3, -0.25) is 0 Å². The van der Waals surface area contributed by atoms with E-state index in [1.807, 2.05) is 0 Å². The first-order valence-corrected chi connectivity index (χ1v) is 8.15. The largest absolute Gasteiger partial charge is 0.454 e. The summed E-state index contributed by atoms with van der Waals surface area (Å²) >= 11 is 0.841. The van der Waals surface area contributed by atoms with Crippen molar-refractivity contribution in [3.05, 3.63) is 29.6 Å². The molecule has 0 saturated carbocycles. The van der Waals surface area contributed by atoms with Crippen LogP contribution in [0.25, 0.3) is 0 Å². The summed E-state index contributed by atoms with van der Waals surface area (Å²) < 4.78 is 38.7. The molecule has 0 aliphatic carbocycles. The standard InChI is InChI=1S/C11H11N3O4S2/c12-4-10-13-11(19-14-10)20(15,16)5-7-1-2-8-9(3-7)18-6-17-8/h1-3H,4-6,12H2. The van der Waals surface area contributed by atoms with Crippen molar-refractivity contribution in [1.29, 1.82) is 0 Å². The normalized spacial score (nSPS) is 13.7. The Morgan fingerprint density at radius 1 is 1.30 bits per heavy atom. The molecule has 0 radical (unpaired) electrons. The molecule has 2 heterocycles. The van der Waals surface area contributed by atoms with Crippen LogP contribution in [0, 0.1) is 0 Å². The number of ether oxygens (including phenoxy) is 2. The molecular formula is C11H11N3O4S2. The lowest BCUT2D eigenvalue weighted by molar-refractivity contribution is 0.174. The molecule has 2 N–H and O–H groups in total. The predicted molar refractivity (Wildman–Crippen MR) is 71.3 cm³/mol. The van der Waals surface area contributed by atoms with Gasteiger partial charge in [0.1, 0.15) is 0 Å². The van der Waals surface area contributed by atoms with Gasteiger partial charge in [-0.2, -0.15) is 4.37 Å². The van der Waals surface area contributed by atoms with Crippen LogP contribution in [0.4, 0.5) is 0 Å². The van der Waals surface area contributed by atoms with E-state index in [1.54, 1.807) is 18.2 Å². The van der Waals surface area contributed by atoms with Gasteiger partial charge in [-0.05, 0) is 29.2 Å². The van der Waals surface area contributed by atoms with Crippen LogP contribution in [0.2, 0.25) is 0 Å². The van der Waals surface area contributed by atoms with Crippen molar-refractivity contribution < 1.29 is 17.9 Å². The monoisotopic (exact) mass is 313 g/mol. The van der Waals surface area contributed by atoms with Crippen LogP contribution in [0.15, 0.2) is 22.5 Å². The highest BCUT2D eigenvalue weighted by Gasteiger charge is 2.22. The summed E-state index contributed by atoms with van der Waals surface area (Å²) in [6, 6.07) is 5.04. The maximum Gasteiger partial charge on any atom is 0.231 e. The number of rotatable bonds is 4. The highest BCUT2D eigenvalue weighted by Crippen LogP contribution is 2.33. The summed E-state index contributed by atoms with van der Waals surface area (Å²) in [6.07, 6.45) is 0. The smallest absolute Gasteiger partial charge is 0.231 e. The first-order valence-electron chi connectivity index (χ1n) is 5.72. The molecule has 0 spiro atoms. The molecule has 0 unspecified atom stereocenters. The van der Waals surface area contributed by atoms with Gasteiger partial charge in [0.15, 0.2) is 17.3 Å². The number of benzene rings is 1. The van der Waals surface area contributed by atoms with Gasteiger partial charge in [0.2, 0.25) is 21.0 Å². The van der Waals surface area contributed by atoms with Crippen LogP contribution < -0.4 is 15.2 Å². The van der Waals surface area contributed by atoms with Gasteiger partial charge in [0, 0.05) is 0 Å². The minimum atomic E-state index is -3.53. The average Bonchev–Trinajstić information content (AvgIpc) is 3.06. The number of nitrogens with two attached hydrogens (primary N) is 1. The van der Waals surface area contributed by atoms with Crippen molar-refractivity contribution >= 4 is 21.4 Å². The highest BCUT2D eigenvalue weighted by molar-refractivity contribution is 7.92. The summed E-state index contributed by atoms with van der Waals surface area (Å²) in [6.45, 7) is 0.276. The van der Waals surface area contributed by atoms with E-state index in [9.17, 15) is 8.42 Å². The van der Waals surface area contributed by atoms with E-state index in [-0.39, 0.29) is 23.4 Å². The second-order valence-corrected chi connectivity index (χ2v) is 7.04. The van der Waals surface area contributed by atoms with Crippen molar-refractivity contribution in [1.82, 2.24) is 9.36 Å². The quantitative estimate of drug-likeness (QED) is 0.885. The fourth-order valence-corrected chi connectivity index (χ4v) is 3.93. The lowest BCUT2D eigenvalue weighted by Gasteiger charge is -2.02. The first-order chi connectivity index (χ1) is 9.58. The van der Waals surface area contributed by atoms with Crippen molar-refractivity contribution in [3.8, 4) is 11.5 Å². The molecule has 0 bridgehead atoms. The molecule has 9 heteroatoms. The molecule has 20 heavy (non-hydrogen) atoms. The van der Waals surface area contributed by atoms with E-state index in [2.05, 4.69) is 9.36 Å². The Kier molecular flexibility index (Phi) is 3.32. The van der Waals surface area contributed by atoms with Gasteiger partial charge in [-0.15, -0.1) is 0 Å². The van der Waals surface area contributed by atoms with E-state index < -0.39 is 9.84 Å². The second-order valence-electron chi connectivity index (χ2n) is 4.13. The number of hydrogen-bond donors (Lipinski definition) is 1. The molecule has 1 aromatic heterocycles. The van der Waals surface area contributed by atoms with Crippen molar-refractivity contribution in [2.45, 2.75) is 16.6 Å². The van der Waals surface area contributed by atoms with Crippen LogP contribution >= 0.6 is 11.5 Å². The van der Waals surface area contributed by atoms with Gasteiger partial charge in [-0.25, -0.2) is 13.4 Å². The summed E-state index contributed by atoms with van der Waals surface area (Å²) in [5.74, 6) is 1.34. The molecule has 2 aromatic rings. The number of fused-ring (bicyclic) bond motifs is 1. The molecule has 0 fully saturated rings. The molecule has 1 aliphatic rings. The summed E-state index contributed by atoms with van der Waals surface area (Å²) in [7, 11) is -3.53. The van der Waals surface area contributed by atoms with Crippen LogP contribution in [0.1, 0.15) is 11.4 Å². The van der Waals surface area contributed by atoms with Gasteiger partial charge < -0.3 is 15.2 Å². The fourth-order valence-electron chi connectivity index (χ4n) is 1.76. The molecule has 0 atom stereocenters. The van der Waals surface area contributed by atoms with Gasteiger partial charge >= 0.3 is 0 Å². The summed E-state index contributed by atoms with van der Waals surface area (Å²) in [5.41, 5.74) is 5.99. The zero-order chi connectivity index (χ0) is 14.2. The third-order valence-corrected chi connectivity index (χ3v) is 5.56. The molecule has 0 saturated heterocycles. The number of nitrogens with zero attached hydrogens (tertiary/aromatic N) is 2. The Morgan fingerprint density at radius 3 is 2.85 bits per heavy atom. The highest BCUT2D eigenvalue weighted by atomic mass is 32.2. The lowest BCUT2D eigenvalue weighted by atomic mass is 10.2. The second kappa shape index (κ2) is 5.00. The fraction of sp³-hybridized carbons (Fsp3) is 0.273. The van der Waals surface area contributed by atoms with Crippen molar-refractivity contribution in [3.63, 3.8) is 0 Å². The van der Waals surface area contributed by atoms with E-state index >= 15 is 0 Å². The van der Waals surface area contributed by atoms with Crippen LogP contribution in [-0.4, -0.2) is 24.6 Å². The Labute approximate surface area is 119 Å². The first kappa shape index (κ1) is 13.3. The Bertz CT molecular complexity index is 742. The SMILES string of the molecule is NCc1nsc(S(=O)(=O)Cc2ccc3c(c2)OCO3)n1.